The fraction of sp³-hybridized carbons (Fsp3) is 0.364. The number of aliphatic imine (C=N–C) groups is 1. The second-order valence-corrected chi connectivity index (χ2v) is 2.18. The van der Waals surface area contributed by atoms with Gasteiger partial charge in [-0.3, -0.25) is 4.99 Å². The van der Waals surface area contributed by atoms with Crippen molar-refractivity contribution in [2.24, 2.45) is 4.99 Å². The van der Waals surface area contributed by atoms with Gasteiger partial charge in [-0.2, -0.15) is 0 Å². The molecule has 1 rings (SSSR count). The molecule has 1 N–H and O–H groups in total. The van der Waals surface area contributed by atoms with E-state index in [9.17, 15) is 0 Å². The van der Waals surface area contributed by atoms with Crippen LogP contribution in [0.5, 0.6) is 0 Å². The van der Waals surface area contributed by atoms with Crippen molar-refractivity contribution < 1.29 is 0 Å². The average Bonchev–Trinajstić information content (AvgIpc) is 2.65. The van der Waals surface area contributed by atoms with Crippen LogP contribution in [0.1, 0.15) is 27.7 Å². The molecular formula is C11H18N2. The van der Waals surface area contributed by atoms with Crippen molar-refractivity contribution in [1.82, 2.24) is 5.32 Å². The van der Waals surface area contributed by atoms with Gasteiger partial charge < -0.3 is 5.32 Å². The van der Waals surface area contributed by atoms with E-state index < -0.39 is 0 Å². The third-order valence-corrected chi connectivity index (χ3v) is 1.41. The molecule has 1 aliphatic rings. The number of hydrogen-bond donors (Lipinski definition) is 1. The molecule has 0 aromatic carbocycles. The molecule has 2 nitrogen and oxygen atoms in total. The SMILES string of the molecule is CC.CC=CNC1=CC=N/C1=C/C. The predicted molar refractivity (Wildman–Crippen MR) is 59.6 cm³/mol. The minimum atomic E-state index is 1.00. The smallest absolute Gasteiger partial charge is 0.0822 e. The molecule has 0 unspecified atom stereocenters. The third kappa shape index (κ3) is 3.74. The summed E-state index contributed by atoms with van der Waals surface area (Å²) < 4.78 is 0. The molecule has 0 bridgehead atoms. The lowest BCUT2D eigenvalue weighted by Gasteiger charge is -2.00. The number of nitrogens with one attached hydrogen (secondary N) is 1. The molecule has 72 valence electrons. The van der Waals surface area contributed by atoms with Gasteiger partial charge in [-0.1, -0.05) is 26.0 Å². The van der Waals surface area contributed by atoms with Gasteiger partial charge in [0.25, 0.3) is 0 Å². The van der Waals surface area contributed by atoms with Crippen LogP contribution < -0.4 is 5.32 Å². The van der Waals surface area contributed by atoms with Crippen LogP contribution in [0.4, 0.5) is 0 Å². The Morgan fingerprint density at radius 2 is 2.00 bits per heavy atom. The van der Waals surface area contributed by atoms with Gasteiger partial charge in [-0.25, -0.2) is 0 Å². The van der Waals surface area contributed by atoms with E-state index in [1.165, 1.54) is 0 Å². The van der Waals surface area contributed by atoms with Crippen molar-refractivity contribution in [1.29, 1.82) is 0 Å². The zero-order valence-electron chi connectivity index (χ0n) is 8.83. The van der Waals surface area contributed by atoms with Crippen LogP contribution in [0.15, 0.2) is 40.8 Å². The van der Waals surface area contributed by atoms with Crippen LogP contribution >= 0.6 is 0 Å². The number of nitrogens with zero attached hydrogens (tertiary/aromatic N) is 1. The summed E-state index contributed by atoms with van der Waals surface area (Å²) in [6.45, 7) is 7.95. The molecule has 0 aromatic rings. The highest BCUT2D eigenvalue weighted by Gasteiger charge is 2.03. The van der Waals surface area contributed by atoms with Gasteiger partial charge in [0.2, 0.25) is 0 Å². The maximum absolute atomic E-state index is 4.14. The van der Waals surface area contributed by atoms with E-state index in [4.69, 9.17) is 0 Å². The summed E-state index contributed by atoms with van der Waals surface area (Å²) >= 11 is 0. The molecule has 0 amide bonds. The van der Waals surface area contributed by atoms with Gasteiger partial charge >= 0.3 is 0 Å². The molecule has 0 spiro atoms. The first-order valence-electron chi connectivity index (χ1n) is 4.67. The first-order chi connectivity index (χ1) is 6.38. The normalized spacial score (nSPS) is 17.2. The molecule has 0 radical (unpaired) electrons. The van der Waals surface area contributed by atoms with E-state index in [1.807, 2.05) is 52.1 Å². The molecule has 2 heteroatoms. The maximum Gasteiger partial charge on any atom is 0.0822 e. The number of allylic oxidation sites excluding steroid dienone is 3. The van der Waals surface area contributed by atoms with Gasteiger partial charge in [0.15, 0.2) is 0 Å². The second kappa shape index (κ2) is 7.35. The lowest BCUT2D eigenvalue weighted by molar-refractivity contribution is 1.06. The first kappa shape index (κ1) is 11.7. The molecule has 0 saturated carbocycles. The van der Waals surface area contributed by atoms with Crippen LogP contribution in [0, 0.1) is 0 Å². The van der Waals surface area contributed by atoms with Gasteiger partial charge in [0, 0.05) is 6.21 Å². The van der Waals surface area contributed by atoms with Crippen molar-refractivity contribution in [3.63, 3.8) is 0 Å². The van der Waals surface area contributed by atoms with Crippen molar-refractivity contribution in [2.45, 2.75) is 27.7 Å². The summed E-state index contributed by atoms with van der Waals surface area (Å²) in [6, 6.07) is 0. The molecule has 0 aliphatic carbocycles. The van der Waals surface area contributed by atoms with E-state index in [0.717, 1.165) is 11.4 Å². The van der Waals surface area contributed by atoms with Crippen molar-refractivity contribution >= 4 is 6.21 Å². The van der Waals surface area contributed by atoms with Crippen LogP contribution in [0.2, 0.25) is 0 Å². The van der Waals surface area contributed by atoms with E-state index in [1.54, 1.807) is 6.21 Å². The van der Waals surface area contributed by atoms with Gasteiger partial charge in [0.1, 0.15) is 0 Å². The lowest BCUT2D eigenvalue weighted by atomic mass is 10.3. The molecular weight excluding hydrogens is 160 g/mol. The Morgan fingerprint density at radius 3 is 2.54 bits per heavy atom. The van der Waals surface area contributed by atoms with E-state index >= 15 is 0 Å². The summed E-state index contributed by atoms with van der Waals surface area (Å²) in [5, 5.41) is 3.12. The van der Waals surface area contributed by atoms with Crippen molar-refractivity contribution in [2.75, 3.05) is 0 Å². The highest BCUT2D eigenvalue weighted by Crippen LogP contribution is 2.11. The summed E-state index contributed by atoms with van der Waals surface area (Å²) in [5.41, 5.74) is 2.06. The van der Waals surface area contributed by atoms with Crippen molar-refractivity contribution in [3.05, 3.63) is 35.8 Å². The number of rotatable bonds is 2. The minimum Gasteiger partial charge on any atom is -0.360 e. The molecule has 0 aromatic heterocycles. The van der Waals surface area contributed by atoms with Crippen molar-refractivity contribution in [3.8, 4) is 0 Å². The third-order valence-electron chi connectivity index (χ3n) is 1.41. The summed E-state index contributed by atoms with van der Waals surface area (Å²) in [4.78, 5) is 4.14. The Kier molecular flexibility index (Phi) is 6.60. The Balaban J connectivity index is 0.000000671. The minimum absolute atomic E-state index is 1.00. The second-order valence-electron chi connectivity index (χ2n) is 2.18. The maximum atomic E-state index is 4.14. The van der Waals surface area contributed by atoms with Gasteiger partial charge in [-0.15, -0.1) is 0 Å². The quantitative estimate of drug-likeness (QED) is 0.690. The van der Waals surface area contributed by atoms with E-state index in [-0.39, 0.29) is 0 Å². The molecule has 1 heterocycles. The molecule has 13 heavy (non-hydrogen) atoms. The monoisotopic (exact) mass is 178 g/mol. The van der Waals surface area contributed by atoms with E-state index in [0.29, 0.717) is 0 Å². The van der Waals surface area contributed by atoms with E-state index in [2.05, 4.69) is 10.3 Å². The highest BCUT2D eigenvalue weighted by molar-refractivity contribution is 5.79. The first-order valence-corrected chi connectivity index (χ1v) is 4.67. The fourth-order valence-electron chi connectivity index (χ4n) is 0.872. The predicted octanol–water partition coefficient (Wildman–Crippen LogP) is 3.01. The summed E-state index contributed by atoms with van der Waals surface area (Å²) in [7, 11) is 0. The van der Waals surface area contributed by atoms with Crippen LogP contribution in [0.3, 0.4) is 0 Å². The van der Waals surface area contributed by atoms with Crippen LogP contribution in [-0.2, 0) is 0 Å². The molecule has 0 fully saturated rings. The standard InChI is InChI=1S/C9H12N2.C2H6/c1-3-6-10-9-5-7-11-8(9)4-2;1-2/h3-7,10H,1-2H3;1-2H3/b6-3?,8-4+;. The van der Waals surface area contributed by atoms with Crippen LogP contribution in [-0.4, -0.2) is 6.21 Å². The molecule has 1 aliphatic heterocycles. The van der Waals surface area contributed by atoms with Crippen LogP contribution in [0.25, 0.3) is 0 Å². The summed E-state index contributed by atoms with van der Waals surface area (Å²) in [5.74, 6) is 0. The Labute approximate surface area is 80.8 Å². The Bertz CT molecular complexity index is 245. The summed E-state index contributed by atoms with van der Waals surface area (Å²) in [6.07, 6.45) is 9.57. The van der Waals surface area contributed by atoms with Gasteiger partial charge in [-0.05, 0) is 26.1 Å². The largest absolute Gasteiger partial charge is 0.360 e. The molecule has 0 atom stereocenters. The van der Waals surface area contributed by atoms with Gasteiger partial charge in [0.05, 0.1) is 11.4 Å². The number of hydrogen-bond acceptors (Lipinski definition) is 2. The topological polar surface area (TPSA) is 24.4 Å². The zero-order valence-corrected chi connectivity index (χ0v) is 8.83. The Hall–Kier alpha value is -1.31. The lowest BCUT2D eigenvalue weighted by Crippen LogP contribution is -2.03. The average molecular weight is 178 g/mol. The fourth-order valence-corrected chi connectivity index (χ4v) is 0.872. The Morgan fingerprint density at radius 1 is 1.31 bits per heavy atom. The highest BCUT2D eigenvalue weighted by atomic mass is 14.9. The zero-order chi connectivity index (χ0) is 10.1. The molecule has 0 saturated heterocycles.